The van der Waals surface area contributed by atoms with E-state index in [-0.39, 0.29) is 17.4 Å². The summed E-state index contributed by atoms with van der Waals surface area (Å²) in [6.45, 7) is 9.01. The van der Waals surface area contributed by atoms with Crippen molar-refractivity contribution in [1.82, 2.24) is 14.8 Å². The van der Waals surface area contributed by atoms with Gasteiger partial charge in [-0.25, -0.2) is 4.68 Å². The van der Waals surface area contributed by atoms with Crippen LogP contribution in [0.3, 0.4) is 0 Å². The lowest BCUT2D eigenvalue weighted by atomic mass is 9.80. The third-order valence-corrected chi connectivity index (χ3v) is 5.42. The Hall–Kier alpha value is -1.44. The SMILES string of the molecule is CC1(C)OB(c2cnc3cnn(C4CCCCO4)c3c2)OC1(C)C. The first-order valence-corrected chi connectivity index (χ1v) is 8.68. The second kappa shape index (κ2) is 5.54. The van der Waals surface area contributed by atoms with E-state index in [2.05, 4.69) is 43.8 Å². The van der Waals surface area contributed by atoms with E-state index in [0.717, 1.165) is 42.4 Å². The fraction of sp³-hybridized carbons (Fsp3) is 0.647. The number of rotatable bonds is 2. The number of fused-ring (bicyclic) bond motifs is 1. The highest BCUT2D eigenvalue weighted by atomic mass is 16.7. The Morgan fingerprint density at radius 2 is 1.88 bits per heavy atom. The van der Waals surface area contributed by atoms with Gasteiger partial charge in [0.05, 0.1) is 22.9 Å². The van der Waals surface area contributed by atoms with Crippen molar-refractivity contribution in [3.05, 3.63) is 18.5 Å². The summed E-state index contributed by atoms with van der Waals surface area (Å²) in [5, 5.41) is 4.49. The lowest BCUT2D eigenvalue weighted by Gasteiger charge is -2.32. The summed E-state index contributed by atoms with van der Waals surface area (Å²) in [6.07, 6.45) is 6.87. The Balaban J connectivity index is 1.68. The van der Waals surface area contributed by atoms with Gasteiger partial charge in [0, 0.05) is 18.3 Å². The number of hydrogen-bond donors (Lipinski definition) is 0. The van der Waals surface area contributed by atoms with E-state index in [0.29, 0.717) is 0 Å². The van der Waals surface area contributed by atoms with Crippen LogP contribution in [0.5, 0.6) is 0 Å². The van der Waals surface area contributed by atoms with Crippen LogP contribution in [0.25, 0.3) is 11.0 Å². The van der Waals surface area contributed by atoms with E-state index in [1.807, 2.05) is 10.9 Å². The second-order valence-electron chi connectivity index (χ2n) is 7.67. The van der Waals surface area contributed by atoms with Crippen molar-refractivity contribution in [1.29, 1.82) is 0 Å². The third kappa shape index (κ3) is 2.55. The summed E-state index contributed by atoms with van der Waals surface area (Å²) in [4.78, 5) is 4.54. The van der Waals surface area contributed by atoms with Gasteiger partial charge in [0.25, 0.3) is 0 Å². The van der Waals surface area contributed by atoms with Crippen LogP contribution in [-0.2, 0) is 14.0 Å². The Labute approximate surface area is 142 Å². The van der Waals surface area contributed by atoms with Crippen molar-refractivity contribution < 1.29 is 14.0 Å². The van der Waals surface area contributed by atoms with Crippen molar-refractivity contribution in [2.75, 3.05) is 6.61 Å². The Morgan fingerprint density at radius 1 is 1.12 bits per heavy atom. The normalized spacial score (nSPS) is 26.2. The molecule has 0 aliphatic carbocycles. The summed E-state index contributed by atoms with van der Waals surface area (Å²) < 4.78 is 20.1. The van der Waals surface area contributed by atoms with E-state index in [1.165, 1.54) is 0 Å². The Bertz CT molecular complexity index is 737. The molecule has 2 fully saturated rings. The van der Waals surface area contributed by atoms with Gasteiger partial charge < -0.3 is 14.0 Å². The van der Waals surface area contributed by atoms with Crippen molar-refractivity contribution in [3.63, 3.8) is 0 Å². The minimum Gasteiger partial charge on any atom is -0.399 e. The molecule has 0 amide bonds. The van der Waals surface area contributed by atoms with Gasteiger partial charge in [0.1, 0.15) is 5.52 Å². The molecule has 24 heavy (non-hydrogen) atoms. The molecule has 6 nitrogen and oxygen atoms in total. The van der Waals surface area contributed by atoms with Crippen molar-refractivity contribution in [2.45, 2.75) is 64.4 Å². The smallest absolute Gasteiger partial charge is 0.399 e. The summed E-state index contributed by atoms with van der Waals surface area (Å²) in [5.41, 5.74) is 2.02. The molecule has 2 aromatic rings. The number of ether oxygens (including phenoxy) is 1. The summed E-state index contributed by atoms with van der Waals surface area (Å²) in [7, 11) is -0.414. The van der Waals surface area contributed by atoms with Gasteiger partial charge in [-0.15, -0.1) is 0 Å². The first-order valence-electron chi connectivity index (χ1n) is 8.68. The van der Waals surface area contributed by atoms with E-state index in [4.69, 9.17) is 14.0 Å². The molecule has 1 atom stereocenters. The summed E-state index contributed by atoms with van der Waals surface area (Å²) in [6, 6.07) is 2.06. The quantitative estimate of drug-likeness (QED) is 0.792. The molecule has 0 aromatic carbocycles. The molecule has 0 N–H and O–H groups in total. The molecule has 2 saturated heterocycles. The monoisotopic (exact) mass is 329 g/mol. The Morgan fingerprint density at radius 3 is 2.54 bits per heavy atom. The van der Waals surface area contributed by atoms with Gasteiger partial charge >= 0.3 is 7.12 Å². The van der Waals surface area contributed by atoms with Crippen LogP contribution >= 0.6 is 0 Å². The standard InChI is InChI=1S/C17H24BN3O3/c1-16(2)17(3,4)24-18(23-16)12-9-14-13(19-10-12)11-20-21(14)15-7-5-6-8-22-15/h9-11,15H,5-8H2,1-4H3. The van der Waals surface area contributed by atoms with E-state index in [9.17, 15) is 0 Å². The van der Waals surface area contributed by atoms with Gasteiger partial charge in [-0.3, -0.25) is 4.98 Å². The second-order valence-corrected chi connectivity index (χ2v) is 7.67. The maximum absolute atomic E-state index is 6.14. The molecular formula is C17H24BN3O3. The first kappa shape index (κ1) is 16.1. The molecule has 0 radical (unpaired) electrons. The molecule has 4 heterocycles. The minimum absolute atomic E-state index is 0.00778. The van der Waals surface area contributed by atoms with Gasteiger partial charge in [-0.1, -0.05) is 0 Å². The zero-order valence-electron chi connectivity index (χ0n) is 14.8. The zero-order chi connectivity index (χ0) is 16.9. The van der Waals surface area contributed by atoms with Crippen LogP contribution in [0, 0.1) is 0 Å². The molecule has 2 aromatic heterocycles. The summed E-state index contributed by atoms with van der Waals surface area (Å²) >= 11 is 0. The van der Waals surface area contributed by atoms with Crippen LogP contribution < -0.4 is 5.46 Å². The first-order chi connectivity index (χ1) is 11.4. The van der Waals surface area contributed by atoms with Crippen molar-refractivity contribution in [3.8, 4) is 0 Å². The van der Waals surface area contributed by atoms with E-state index in [1.54, 1.807) is 6.20 Å². The van der Waals surface area contributed by atoms with Gasteiger partial charge in [-0.05, 0) is 53.0 Å². The largest absolute Gasteiger partial charge is 0.496 e. The molecule has 0 spiro atoms. The maximum atomic E-state index is 6.14. The van der Waals surface area contributed by atoms with Gasteiger partial charge in [0.15, 0.2) is 6.23 Å². The molecule has 4 rings (SSSR count). The van der Waals surface area contributed by atoms with Crippen molar-refractivity contribution in [2.24, 2.45) is 0 Å². The Kier molecular flexibility index (Phi) is 3.71. The van der Waals surface area contributed by atoms with Crippen LogP contribution in [0.1, 0.15) is 53.2 Å². The van der Waals surface area contributed by atoms with Gasteiger partial charge in [0.2, 0.25) is 0 Å². The molecule has 2 aliphatic rings. The van der Waals surface area contributed by atoms with Crippen LogP contribution in [-0.4, -0.2) is 39.7 Å². The number of pyridine rings is 1. The number of nitrogens with zero attached hydrogens (tertiary/aromatic N) is 3. The fourth-order valence-corrected chi connectivity index (χ4v) is 3.20. The molecule has 2 aliphatic heterocycles. The molecule has 7 heteroatoms. The fourth-order valence-electron chi connectivity index (χ4n) is 3.20. The van der Waals surface area contributed by atoms with E-state index < -0.39 is 7.12 Å². The molecule has 0 saturated carbocycles. The average molecular weight is 329 g/mol. The molecule has 1 unspecified atom stereocenters. The van der Waals surface area contributed by atoms with Gasteiger partial charge in [-0.2, -0.15) is 5.10 Å². The lowest BCUT2D eigenvalue weighted by molar-refractivity contribution is -0.0366. The lowest BCUT2D eigenvalue weighted by Crippen LogP contribution is -2.41. The molecule has 128 valence electrons. The zero-order valence-corrected chi connectivity index (χ0v) is 14.8. The van der Waals surface area contributed by atoms with Crippen LogP contribution in [0.4, 0.5) is 0 Å². The van der Waals surface area contributed by atoms with Crippen LogP contribution in [0.15, 0.2) is 18.5 Å². The predicted octanol–water partition coefficient (Wildman–Crippen LogP) is 2.43. The topological polar surface area (TPSA) is 58.4 Å². The average Bonchev–Trinajstić information content (AvgIpc) is 3.06. The third-order valence-electron chi connectivity index (χ3n) is 5.42. The number of hydrogen-bond acceptors (Lipinski definition) is 5. The minimum atomic E-state index is -0.414. The predicted molar refractivity (Wildman–Crippen MR) is 92.1 cm³/mol. The summed E-state index contributed by atoms with van der Waals surface area (Å²) in [5.74, 6) is 0. The molecule has 0 bridgehead atoms. The highest BCUT2D eigenvalue weighted by Crippen LogP contribution is 2.36. The molecular weight excluding hydrogens is 305 g/mol. The highest BCUT2D eigenvalue weighted by Gasteiger charge is 2.51. The maximum Gasteiger partial charge on any atom is 0.496 e. The number of aromatic nitrogens is 3. The van der Waals surface area contributed by atoms with Crippen molar-refractivity contribution >= 4 is 23.6 Å². The van der Waals surface area contributed by atoms with Crippen LogP contribution in [0.2, 0.25) is 0 Å². The van der Waals surface area contributed by atoms with E-state index >= 15 is 0 Å². The highest BCUT2D eigenvalue weighted by molar-refractivity contribution is 6.62.